The van der Waals surface area contributed by atoms with Crippen molar-refractivity contribution < 1.29 is 0 Å². The molecule has 1 aromatic rings. The Morgan fingerprint density at radius 3 is 2.50 bits per heavy atom. The molecule has 1 nitrogen and oxygen atoms in total. The summed E-state index contributed by atoms with van der Waals surface area (Å²) < 4.78 is 0. The van der Waals surface area contributed by atoms with Crippen LogP contribution in [0.25, 0.3) is 0 Å². The normalized spacial score (nSPS) is 17.3. The van der Waals surface area contributed by atoms with E-state index in [1.54, 1.807) is 11.1 Å². The molecule has 0 aliphatic heterocycles. The molecule has 1 heteroatoms. The van der Waals surface area contributed by atoms with Crippen LogP contribution in [0.3, 0.4) is 0 Å². The molecule has 0 saturated carbocycles. The van der Waals surface area contributed by atoms with E-state index < -0.39 is 0 Å². The predicted octanol–water partition coefficient (Wildman–Crippen LogP) is 3.83. The van der Waals surface area contributed by atoms with Crippen molar-refractivity contribution >= 4 is 0 Å². The zero-order valence-corrected chi connectivity index (χ0v) is 12.1. The van der Waals surface area contributed by atoms with Crippen molar-refractivity contribution in [3.8, 4) is 0 Å². The maximum atomic E-state index is 5.77. The molecule has 18 heavy (non-hydrogen) atoms. The van der Waals surface area contributed by atoms with Gasteiger partial charge in [0, 0.05) is 0 Å². The first-order valence-corrected chi connectivity index (χ1v) is 7.35. The fourth-order valence-corrected chi connectivity index (χ4v) is 3.23. The minimum Gasteiger partial charge on any atom is -0.330 e. The third kappa shape index (κ3) is 2.95. The van der Waals surface area contributed by atoms with E-state index in [9.17, 15) is 0 Å². The van der Waals surface area contributed by atoms with Gasteiger partial charge in [-0.15, -0.1) is 0 Å². The van der Waals surface area contributed by atoms with Gasteiger partial charge in [-0.25, -0.2) is 0 Å². The van der Waals surface area contributed by atoms with E-state index in [0.29, 0.717) is 5.92 Å². The van der Waals surface area contributed by atoms with Crippen molar-refractivity contribution in [2.24, 2.45) is 11.7 Å². The smallest absolute Gasteiger partial charge is 0.00512 e. The zero-order valence-electron chi connectivity index (χ0n) is 12.1. The van der Waals surface area contributed by atoms with E-state index in [1.807, 2.05) is 0 Å². The van der Waals surface area contributed by atoms with Crippen LogP contribution < -0.4 is 5.73 Å². The first-order chi connectivity index (χ1) is 8.53. The fraction of sp³-hybridized carbons (Fsp3) is 0.647. The highest BCUT2D eigenvalue weighted by Gasteiger charge is 2.24. The third-order valence-electron chi connectivity index (χ3n) is 4.39. The monoisotopic (exact) mass is 245 g/mol. The average molecular weight is 245 g/mol. The van der Waals surface area contributed by atoms with Crippen LogP contribution in [0.15, 0.2) is 18.2 Å². The molecule has 0 heterocycles. The summed E-state index contributed by atoms with van der Waals surface area (Å²) in [6, 6.07) is 7.16. The maximum Gasteiger partial charge on any atom is -0.00512 e. The highest BCUT2D eigenvalue weighted by molar-refractivity contribution is 5.37. The molecule has 1 aliphatic rings. The van der Waals surface area contributed by atoms with Gasteiger partial charge in [0.15, 0.2) is 0 Å². The number of fused-ring (bicyclic) bond motifs is 1. The van der Waals surface area contributed by atoms with Crippen LogP contribution in [0.4, 0.5) is 0 Å². The Bertz CT molecular complexity index is 406. The Balaban J connectivity index is 2.22. The Labute approximate surface area is 112 Å². The van der Waals surface area contributed by atoms with Crippen LogP contribution in [0.5, 0.6) is 0 Å². The summed E-state index contributed by atoms with van der Waals surface area (Å²) in [6.45, 7) is 7.74. The van der Waals surface area contributed by atoms with Crippen LogP contribution in [0.2, 0.25) is 0 Å². The molecule has 0 bridgehead atoms. The van der Waals surface area contributed by atoms with Crippen molar-refractivity contribution in [1.29, 1.82) is 0 Å². The molecule has 2 N–H and O–H groups in total. The summed E-state index contributed by atoms with van der Waals surface area (Å²) in [5.74, 6) is 0.594. The van der Waals surface area contributed by atoms with E-state index in [-0.39, 0.29) is 5.41 Å². The first kappa shape index (κ1) is 13.6. The van der Waals surface area contributed by atoms with Crippen LogP contribution in [0.1, 0.15) is 56.7 Å². The van der Waals surface area contributed by atoms with Gasteiger partial charge in [0.05, 0.1) is 0 Å². The second-order valence-corrected chi connectivity index (χ2v) is 6.62. The minimum atomic E-state index is 0.241. The second kappa shape index (κ2) is 5.44. The highest BCUT2D eigenvalue weighted by atomic mass is 14.5. The SMILES string of the molecule is CC(CN)CC(C)(C)c1ccc2c(c1)CCCC2. The molecule has 100 valence electrons. The summed E-state index contributed by atoms with van der Waals surface area (Å²) in [5, 5.41) is 0. The summed E-state index contributed by atoms with van der Waals surface area (Å²) in [4.78, 5) is 0. The molecule has 1 aromatic carbocycles. The second-order valence-electron chi connectivity index (χ2n) is 6.62. The zero-order chi connectivity index (χ0) is 13.2. The lowest BCUT2D eigenvalue weighted by atomic mass is 9.75. The molecular weight excluding hydrogens is 218 g/mol. The summed E-state index contributed by atoms with van der Waals surface area (Å²) >= 11 is 0. The largest absolute Gasteiger partial charge is 0.330 e. The molecule has 0 fully saturated rings. The van der Waals surface area contributed by atoms with E-state index in [1.165, 1.54) is 37.7 Å². The van der Waals surface area contributed by atoms with Crippen LogP contribution in [-0.2, 0) is 18.3 Å². The number of nitrogens with two attached hydrogens (primary N) is 1. The van der Waals surface area contributed by atoms with Crippen molar-refractivity contribution in [2.75, 3.05) is 6.54 Å². The molecule has 1 unspecified atom stereocenters. The van der Waals surface area contributed by atoms with Crippen molar-refractivity contribution in [2.45, 2.75) is 58.3 Å². The molecule has 1 aliphatic carbocycles. The van der Waals surface area contributed by atoms with Gasteiger partial charge in [-0.3, -0.25) is 0 Å². The minimum absolute atomic E-state index is 0.241. The van der Waals surface area contributed by atoms with Crippen LogP contribution >= 0.6 is 0 Å². The fourth-order valence-electron chi connectivity index (χ4n) is 3.23. The maximum absolute atomic E-state index is 5.77. The van der Waals surface area contributed by atoms with Crippen molar-refractivity contribution in [3.63, 3.8) is 0 Å². The van der Waals surface area contributed by atoms with E-state index in [4.69, 9.17) is 5.73 Å². The van der Waals surface area contributed by atoms with Gasteiger partial charge in [-0.2, -0.15) is 0 Å². The lowest BCUT2D eigenvalue weighted by Gasteiger charge is -2.30. The lowest BCUT2D eigenvalue weighted by Crippen LogP contribution is -2.25. The molecule has 0 radical (unpaired) electrons. The van der Waals surface area contributed by atoms with Gasteiger partial charge < -0.3 is 5.73 Å². The highest BCUT2D eigenvalue weighted by Crippen LogP contribution is 2.33. The number of hydrogen-bond acceptors (Lipinski definition) is 1. The Kier molecular flexibility index (Phi) is 4.11. The van der Waals surface area contributed by atoms with Gasteiger partial charge in [0.25, 0.3) is 0 Å². The molecule has 0 saturated heterocycles. The molecule has 2 rings (SSSR count). The van der Waals surface area contributed by atoms with Gasteiger partial charge in [0.2, 0.25) is 0 Å². The van der Waals surface area contributed by atoms with Gasteiger partial charge in [0.1, 0.15) is 0 Å². The lowest BCUT2D eigenvalue weighted by molar-refractivity contribution is 0.385. The Morgan fingerprint density at radius 2 is 1.83 bits per heavy atom. The van der Waals surface area contributed by atoms with E-state index >= 15 is 0 Å². The average Bonchev–Trinajstić information content (AvgIpc) is 2.37. The predicted molar refractivity (Wildman–Crippen MR) is 78.9 cm³/mol. The quantitative estimate of drug-likeness (QED) is 0.857. The van der Waals surface area contributed by atoms with Crippen molar-refractivity contribution in [1.82, 2.24) is 0 Å². The standard InChI is InChI=1S/C17H27N/c1-13(12-18)11-17(2,3)16-9-8-14-6-4-5-7-15(14)10-16/h8-10,13H,4-7,11-12,18H2,1-3H3. The first-order valence-electron chi connectivity index (χ1n) is 7.35. The molecule has 0 spiro atoms. The Hall–Kier alpha value is -0.820. The summed E-state index contributed by atoms with van der Waals surface area (Å²) in [5.41, 5.74) is 10.7. The molecular formula is C17H27N. The summed E-state index contributed by atoms with van der Waals surface area (Å²) in [6.07, 6.45) is 6.43. The van der Waals surface area contributed by atoms with Gasteiger partial charge >= 0.3 is 0 Å². The number of benzene rings is 1. The van der Waals surface area contributed by atoms with Crippen LogP contribution in [0, 0.1) is 5.92 Å². The Morgan fingerprint density at radius 1 is 1.17 bits per heavy atom. The van der Waals surface area contributed by atoms with Crippen molar-refractivity contribution in [3.05, 3.63) is 34.9 Å². The van der Waals surface area contributed by atoms with E-state index in [2.05, 4.69) is 39.0 Å². The molecule has 1 atom stereocenters. The number of aryl methyl sites for hydroxylation is 2. The van der Waals surface area contributed by atoms with Crippen LogP contribution in [-0.4, -0.2) is 6.54 Å². The third-order valence-corrected chi connectivity index (χ3v) is 4.39. The number of hydrogen-bond donors (Lipinski definition) is 1. The molecule has 0 amide bonds. The molecule has 0 aromatic heterocycles. The van der Waals surface area contributed by atoms with Gasteiger partial charge in [-0.05, 0) is 66.7 Å². The summed E-state index contributed by atoms with van der Waals surface area (Å²) in [7, 11) is 0. The number of rotatable bonds is 4. The topological polar surface area (TPSA) is 26.0 Å². The van der Waals surface area contributed by atoms with E-state index in [0.717, 1.165) is 6.54 Å². The van der Waals surface area contributed by atoms with Gasteiger partial charge in [-0.1, -0.05) is 39.0 Å².